The lowest BCUT2D eigenvalue weighted by atomic mass is 10.2. The summed E-state index contributed by atoms with van der Waals surface area (Å²) in [4.78, 5) is 19.3. The van der Waals surface area contributed by atoms with E-state index < -0.39 is 0 Å². The Kier molecular flexibility index (Phi) is 2.92. The number of aromatic nitrogens is 2. The Morgan fingerprint density at radius 1 is 1.58 bits per heavy atom. The third-order valence-electron chi connectivity index (χ3n) is 1.45. The first-order valence-corrected chi connectivity index (χ1v) is 4.66. The fourth-order valence-electron chi connectivity index (χ4n) is 0.935. The van der Waals surface area contributed by atoms with Crippen molar-refractivity contribution in [3.63, 3.8) is 0 Å². The van der Waals surface area contributed by atoms with Crippen LogP contribution in [0.2, 0.25) is 0 Å². The molecule has 1 heterocycles. The van der Waals surface area contributed by atoms with E-state index in [0.717, 1.165) is 5.69 Å². The van der Waals surface area contributed by atoms with Gasteiger partial charge in [0.25, 0.3) is 0 Å². The van der Waals surface area contributed by atoms with Crippen LogP contribution in [0.1, 0.15) is 21.9 Å². The highest BCUT2D eigenvalue weighted by Crippen LogP contribution is 2.04. The lowest BCUT2D eigenvalue weighted by Crippen LogP contribution is -2.07. The second-order valence-corrected chi connectivity index (χ2v) is 3.06. The second kappa shape index (κ2) is 3.76. The molecule has 12 heavy (non-hydrogen) atoms. The highest BCUT2D eigenvalue weighted by molar-refractivity contribution is 9.09. The maximum atomic E-state index is 11.2. The third kappa shape index (κ3) is 1.88. The molecule has 0 amide bonds. The summed E-state index contributed by atoms with van der Waals surface area (Å²) in [6.45, 7) is 3.64. The molecule has 0 radical (unpaired) electrons. The molecule has 0 unspecified atom stereocenters. The van der Waals surface area contributed by atoms with E-state index in [1.807, 2.05) is 6.92 Å². The van der Waals surface area contributed by atoms with Gasteiger partial charge in [0.1, 0.15) is 5.69 Å². The molecule has 0 spiro atoms. The number of hydrogen-bond acceptors (Lipinski definition) is 3. The number of nitrogens with zero attached hydrogens (tertiary/aromatic N) is 2. The molecule has 1 rings (SSSR count). The molecule has 4 heteroatoms. The first kappa shape index (κ1) is 9.32. The fraction of sp³-hybridized carbons (Fsp3) is 0.375. The number of rotatable bonds is 2. The number of ketones is 1. The largest absolute Gasteiger partial charge is 0.291 e. The van der Waals surface area contributed by atoms with Gasteiger partial charge in [-0.15, -0.1) is 0 Å². The van der Waals surface area contributed by atoms with E-state index in [0.29, 0.717) is 16.7 Å². The van der Waals surface area contributed by atoms with Crippen LogP contribution in [0.15, 0.2) is 6.20 Å². The van der Waals surface area contributed by atoms with E-state index in [9.17, 15) is 4.79 Å². The van der Waals surface area contributed by atoms with Crippen LogP contribution in [-0.4, -0.2) is 21.1 Å². The molecule has 1 aromatic heterocycles. The lowest BCUT2D eigenvalue weighted by molar-refractivity contribution is 0.101. The van der Waals surface area contributed by atoms with Crippen molar-refractivity contribution in [3.8, 4) is 0 Å². The molecule has 1 aromatic rings. The van der Waals surface area contributed by atoms with Crippen LogP contribution in [0.3, 0.4) is 0 Å². The Hall–Kier alpha value is -0.770. The standard InChI is InChI=1S/C8H9BrN2O/c1-5-4-10-8(6(2)11-5)7(12)3-9/h4H,3H2,1-2H3. The van der Waals surface area contributed by atoms with Crippen molar-refractivity contribution >= 4 is 21.7 Å². The van der Waals surface area contributed by atoms with Gasteiger partial charge < -0.3 is 0 Å². The van der Waals surface area contributed by atoms with Gasteiger partial charge in [-0.1, -0.05) is 15.9 Å². The molecule has 0 bridgehead atoms. The number of carbonyl (C=O) groups is 1. The Labute approximate surface area is 79.4 Å². The van der Waals surface area contributed by atoms with Gasteiger partial charge in [-0.2, -0.15) is 0 Å². The Bertz CT molecular complexity index is 312. The Balaban J connectivity index is 3.09. The first-order valence-electron chi connectivity index (χ1n) is 3.54. The predicted octanol–water partition coefficient (Wildman–Crippen LogP) is 1.67. The van der Waals surface area contributed by atoms with Crippen molar-refractivity contribution in [2.75, 3.05) is 5.33 Å². The Morgan fingerprint density at radius 2 is 2.25 bits per heavy atom. The minimum absolute atomic E-state index is 0.0278. The van der Waals surface area contributed by atoms with Crippen molar-refractivity contribution in [3.05, 3.63) is 23.3 Å². The van der Waals surface area contributed by atoms with Crippen LogP contribution in [0.4, 0.5) is 0 Å². The summed E-state index contributed by atoms with van der Waals surface area (Å²) in [5.74, 6) is -0.0278. The minimum atomic E-state index is -0.0278. The van der Waals surface area contributed by atoms with E-state index in [-0.39, 0.29) is 5.78 Å². The fourth-order valence-corrected chi connectivity index (χ4v) is 1.20. The predicted molar refractivity (Wildman–Crippen MR) is 49.6 cm³/mol. The Morgan fingerprint density at radius 3 is 2.75 bits per heavy atom. The number of carbonyl (C=O) groups excluding carboxylic acids is 1. The van der Waals surface area contributed by atoms with Crippen molar-refractivity contribution in [2.24, 2.45) is 0 Å². The summed E-state index contributed by atoms with van der Waals surface area (Å²) in [5.41, 5.74) is 1.98. The zero-order valence-electron chi connectivity index (χ0n) is 6.97. The molecule has 0 saturated heterocycles. The zero-order valence-corrected chi connectivity index (χ0v) is 8.55. The molecule has 0 fully saturated rings. The van der Waals surface area contributed by atoms with Gasteiger partial charge in [-0.25, -0.2) is 4.98 Å². The number of hydrogen-bond donors (Lipinski definition) is 0. The van der Waals surface area contributed by atoms with Gasteiger partial charge in [0, 0.05) is 6.20 Å². The number of alkyl halides is 1. The molecule has 3 nitrogen and oxygen atoms in total. The van der Waals surface area contributed by atoms with E-state index in [1.54, 1.807) is 13.1 Å². The van der Waals surface area contributed by atoms with Crippen LogP contribution in [-0.2, 0) is 0 Å². The third-order valence-corrected chi connectivity index (χ3v) is 1.96. The molecule has 0 saturated carbocycles. The van der Waals surface area contributed by atoms with Gasteiger partial charge in [-0.05, 0) is 13.8 Å². The molecular weight excluding hydrogens is 220 g/mol. The SMILES string of the molecule is Cc1cnc(C(=O)CBr)c(C)n1. The molecule has 0 aliphatic rings. The minimum Gasteiger partial charge on any atom is -0.291 e. The van der Waals surface area contributed by atoms with Crippen LogP contribution in [0.5, 0.6) is 0 Å². The van der Waals surface area contributed by atoms with Crippen molar-refractivity contribution in [1.29, 1.82) is 0 Å². The molecule has 64 valence electrons. The van der Waals surface area contributed by atoms with Gasteiger partial charge in [-0.3, -0.25) is 9.78 Å². The maximum absolute atomic E-state index is 11.2. The monoisotopic (exact) mass is 228 g/mol. The average Bonchev–Trinajstić information content (AvgIpc) is 2.03. The normalized spacial score (nSPS) is 9.92. The van der Waals surface area contributed by atoms with E-state index in [2.05, 4.69) is 25.9 Å². The average molecular weight is 229 g/mol. The van der Waals surface area contributed by atoms with Crippen LogP contribution >= 0.6 is 15.9 Å². The van der Waals surface area contributed by atoms with Gasteiger partial charge >= 0.3 is 0 Å². The first-order chi connectivity index (χ1) is 5.65. The summed E-state index contributed by atoms with van der Waals surface area (Å²) in [6.07, 6.45) is 1.60. The van der Waals surface area contributed by atoms with E-state index >= 15 is 0 Å². The molecule has 0 aliphatic carbocycles. The summed E-state index contributed by atoms with van der Waals surface area (Å²) in [5, 5.41) is 0.297. The van der Waals surface area contributed by atoms with Crippen LogP contribution in [0.25, 0.3) is 0 Å². The summed E-state index contributed by atoms with van der Waals surface area (Å²) < 4.78 is 0. The second-order valence-electron chi connectivity index (χ2n) is 2.50. The summed E-state index contributed by atoms with van der Waals surface area (Å²) in [7, 11) is 0. The highest BCUT2D eigenvalue weighted by atomic mass is 79.9. The van der Waals surface area contributed by atoms with Crippen molar-refractivity contribution in [1.82, 2.24) is 9.97 Å². The summed E-state index contributed by atoms with van der Waals surface area (Å²) in [6, 6.07) is 0. The zero-order chi connectivity index (χ0) is 9.14. The van der Waals surface area contributed by atoms with Crippen molar-refractivity contribution in [2.45, 2.75) is 13.8 Å². The number of halogens is 1. The highest BCUT2D eigenvalue weighted by Gasteiger charge is 2.09. The van der Waals surface area contributed by atoms with Gasteiger partial charge in [0.15, 0.2) is 5.78 Å². The van der Waals surface area contributed by atoms with Crippen LogP contribution < -0.4 is 0 Å². The van der Waals surface area contributed by atoms with Gasteiger partial charge in [0.2, 0.25) is 0 Å². The summed E-state index contributed by atoms with van der Waals surface area (Å²) >= 11 is 3.09. The molecule has 0 aromatic carbocycles. The molecule has 0 aliphatic heterocycles. The molecule has 0 atom stereocenters. The quantitative estimate of drug-likeness (QED) is 0.572. The lowest BCUT2D eigenvalue weighted by Gasteiger charge is -2.00. The van der Waals surface area contributed by atoms with E-state index in [4.69, 9.17) is 0 Å². The maximum Gasteiger partial charge on any atom is 0.193 e. The van der Waals surface area contributed by atoms with E-state index in [1.165, 1.54) is 0 Å². The van der Waals surface area contributed by atoms with Crippen molar-refractivity contribution < 1.29 is 4.79 Å². The smallest absolute Gasteiger partial charge is 0.193 e. The topological polar surface area (TPSA) is 42.9 Å². The van der Waals surface area contributed by atoms with Gasteiger partial charge in [0.05, 0.1) is 16.7 Å². The molecule has 0 N–H and O–H groups in total. The molecular formula is C8H9BrN2O. The number of Topliss-reactive ketones (excluding diaryl/α,β-unsaturated/α-hetero) is 1. The number of aryl methyl sites for hydroxylation is 2. The van der Waals surface area contributed by atoms with Crippen LogP contribution in [0, 0.1) is 13.8 Å².